The van der Waals surface area contributed by atoms with Gasteiger partial charge in [0.05, 0.1) is 30.3 Å². The molecule has 5 rings (SSSR count). The average molecular weight is 642 g/mol. The number of nitrogens with one attached hydrogen (secondary N) is 1. The molecule has 1 N–H and O–H groups in total. The van der Waals surface area contributed by atoms with Gasteiger partial charge in [0.1, 0.15) is 18.2 Å². The highest BCUT2D eigenvalue weighted by molar-refractivity contribution is 6.31. The van der Waals surface area contributed by atoms with E-state index in [1.54, 1.807) is 31.4 Å². The van der Waals surface area contributed by atoms with Crippen LogP contribution in [0.4, 0.5) is 15.0 Å². The molecule has 2 fully saturated rings. The Hall–Kier alpha value is -3.80. The number of hydrogen-bond acceptors (Lipinski definition) is 7. The van der Waals surface area contributed by atoms with Crippen molar-refractivity contribution in [3.8, 4) is 0 Å². The number of carbonyl (C=O) groups excluding carboxylic acids is 3. The van der Waals surface area contributed by atoms with Crippen LogP contribution < -0.4 is 5.32 Å². The van der Waals surface area contributed by atoms with Crippen LogP contribution in [-0.4, -0.2) is 103 Å². The standard InChI is InChI=1S/C32H37ClFN5O5.CH4/c1-37(29(40)11-9-22-7-4-8-27(34)31(22)33)25(10-12-30(41)39-14-13-38-15-16-43-20-26(38)19-39)21-44-32(42)36-28-17-23-5-2-3-6-24(23)18-35-28;/h2-8,17-18,25-26H,9-16,19-21H2,1H3,(H,35,36,42);1H4/t25-,26?;/m0./s1. The smallest absolute Gasteiger partial charge is 0.412 e. The van der Waals surface area contributed by atoms with Crippen LogP contribution in [0.15, 0.2) is 54.7 Å². The van der Waals surface area contributed by atoms with Gasteiger partial charge in [0, 0.05) is 57.7 Å². The van der Waals surface area contributed by atoms with E-state index in [9.17, 15) is 18.8 Å². The lowest BCUT2D eigenvalue weighted by molar-refractivity contribution is -0.139. The number of ether oxygens (including phenoxy) is 2. The first kappa shape index (κ1) is 34.1. The zero-order valence-corrected chi connectivity index (χ0v) is 25.5. The molecule has 0 saturated carbocycles. The van der Waals surface area contributed by atoms with Gasteiger partial charge in [-0.05, 0) is 35.9 Å². The zero-order chi connectivity index (χ0) is 31.1. The van der Waals surface area contributed by atoms with E-state index in [4.69, 9.17) is 21.1 Å². The Bertz CT molecular complexity index is 1490. The van der Waals surface area contributed by atoms with Gasteiger partial charge in [-0.15, -0.1) is 0 Å². The number of morpholine rings is 1. The van der Waals surface area contributed by atoms with Crippen LogP contribution in [0.5, 0.6) is 0 Å². The van der Waals surface area contributed by atoms with Gasteiger partial charge in [0.25, 0.3) is 0 Å². The van der Waals surface area contributed by atoms with E-state index < -0.39 is 18.0 Å². The van der Waals surface area contributed by atoms with Gasteiger partial charge in [-0.25, -0.2) is 14.2 Å². The van der Waals surface area contributed by atoms with Crippen LogP contribution >= 0.6 is 11.6 Å². The molecule has 10 nitrogen and oxygen atoms in total. The molecule has 12 heteroatoms. The van der Waals surface area contributed by atoms with E-state index >= 15 is 0 Å². The Kier molecular flexibility index (Phi) is 12.1. The number of hydrogen-bond donors (Lipinski definition) is 1. The SMILES string of the molecule is C.CN(C(=O)CCc1cccc(F)c1Cl)[C@@H](CCC(=O)N1CCN2CCOCC2C1)COC(=O)Nc1cc2ccccc2cn1. The molecule has 1 aromatic heterocycles. The summed E-state index contributed by atoms with van der Waals surface area (Å²) in [5, 5.41) is 4.49. The molecule has 2 saturated heterocycles. The molecule has 3 heterocycles. The minimum absolute atomic E-state index is 0. The molecule has 45 heavy (non-hydrogen) atoms. The minimum Gasteiger partial charge on any atom is -0.447 e. The van der Waals surface area contributed by atoms with Crippen molar-refractivity contribution in [2.75, 3.05) is 58.4 Å². The number of fused-ring (bicyclic) bond motifs is 2. The first-order valence-corrected chi connectivity index (χ1v) is 15.2. The predicted molar refractivity (Wildman–Crippen MR) is 172 cm³/mol. The number of halogens is 2. The Balaban J connectivity index is 0.00000461. The van der Waals surface area contributed by atoms with Crippen molar-refractivity contribution >= 4 is 46.1 Å². The Morgan fingerprint density at radius 3 is 2.76 bits per heavy atom. The van der Waals surface area contributed by atoms with Crippen molar-refractivity contribution in [3.05, 3.63) is 71.1 Å². The van der Waals surface area contributed by atoms with Gasteiger partial charge >= 0.3 is 6.09 Å². The maximum absolute atomic E-state index is 13.9. The third kappa shape index (κ3) is 8.90. The molecule has 1 unspecified atom stereocenters. The number of pyridine rings is 1. The lowest BCUT2D eigenvalue weighted by Gasteiger charge is -2.43. The summed E-state index contributed by atoms with van der Waals surface area (Å²) >= 11 is 6.08. The number of aromatic nitrogens is 1. The van der Waals surface area contributed by atoms with Crippen LogP contribution in [0.25, 0.3) is 10.8 Å². The van der Waals surface area contributed by atoms with Gasteiger partial charge in [-0.2, -0.15) is 0 Å². The zero-order valence-electron chi connectivity index (χ0n) is 24.7. The number of rotatable bonds is 10. The molecular weight excluding hydrogens is 601 g/mol. The molecule has 242 valence electrons. The predicted octanol–water partition coefficient (Wildman–Crippen LogP) is 4.99. The second kappa shape index (κ2) is 16.0. The van der Waals surface area contributed by atoms with E-state index in [2.05, 4.69) is 15.2 Å². The highest BCUT2D eigenvalue weighted by Gasteiger charge is 2.32. The second-order valence-corrected chi connectivity index (χ2v) is 11.5. The lowest BCUT2D eigenvalue weighted by Crippen LogP contribution is -2.59. The molecule has 3 aromatic rings. The molecule has 0 aliphatic carbocycles. The fraction of sp³-hybridized carbons (Fsp3) is 0.455. The van der Waals surface area contributed by atoms with Crippen molar-refractivity contribution < 1.29 is 28.2 Å². The largest absolute Gasteiger partial charge is 0.447 e. The quantitative estimate of drug-likeness (QED) is 0.332. The number of piperazine rings is 1. The number of amides is 3. The summed E-state index contributed by atoms with van der Waals surface area (Å²) in [5.41, 5.74) is 0.532. The summed E-state index contributed by atoms with van der Waals surface area (Å²) < 4.78 is 25.0. The first-order valence-electron chi connectivity index (χ1n) is 14.8. The topological polar surface area (TPSA) is 104 Å². The average Bonchev–Trinajstić information content (AvgIpc) is 3.04. The highest BCUT2D eigenvalue weighted by Crippen LogP contribution is 2.22. The van der Waals surface area contributed by atoms with Crippen molar-refractivity contribution in [1.82, 2.24) is 19.7 Å². The third-order valence-electron chi connectivity index (χ3n) is 8.33. The summed E-state index contributed by atoms with van der Waals surface area (Å²) in [6, 6.07) is 13.5. The van der Waals surface area contributed by atoms with E-state index in [0.717, 1.165) is 23.9 Å². The van der Waals surface area contributed by atoms with Gasteiger partial charge in [0.15, 0.2) is 0 Å². The van der Waals surface area contributed by atoms with Crippen LogP contribution in [0.1, 0.15) is 32.3 Å². The summed E-state index contributed by atoms with van der Waals surface area (Å²) in [6.07, 6.45) is 1.74. The first-order chi connectivity index (χ1) is 21.3. The number of anilines is 1. The molecular formula is C33H41ClFN5O5. The molecule has 0 bridgehead atoms. The van der Waals surface area contributed by atoms with Crippen LogP contribution in [0.3, 0.4) is 0 Å². The number of carbonyl (C=O) groups is 3. The van der Waals surface area contributed by atoms with E-state index in [1.165, 1.54) is 11.0 Å². The maximum atomic E-state index is 13.9. The molecule has 2 aromatic carbocycles. The van der Waals surface area contributed by atoms with E-state index in [1.807, 2.05) is 29.2 Å². The fourth-order valence-electron chi connectivity index (χ4n) is 5.64. The lowest BCUT2D eigenvalue weighted by atomic mass is 10.1. The molecule has 2 aliphatic rings. The summed E-state index contributed by atoms with van der Waals surface area (Å²) in [7, 11) is 1.62. The molecule has 3 amide bonds. The van der Waals surface area contributed by atoms with Gasteiger partial charge in [0.2, 0.25) is 11.8 Å². The van der Waals surface area contributed by atoms with Crippen molar-refractivity contribution in [2.45, 2.75) is 45.2 Å². The van der Waals surface area contributed by atoms with Crippen molar-refractivity contribution in [3.63, 3.8) is 0 Å². The highest BCUT2D eigenvalue weighted by atomic mass is 35.5. The summed E-state index contributed by atoms with van der Waals surface area (Å²) in [5.74, 6) is -0.460. The molecule has 2 aliphatic heterocycles. The number of aryl methyl sites for hydroxylation is 1. The Morgan fingerprint density at radius 1 is 1.13 bits per heavy atom. The van der Waals surface area contributed by atoms with Gasteiger partial charge in [-0.1, -0.05) is 55.4 Å². The van der Waals surface area contributed by atoms with Crippen molar-refractivity contribution in [2.24, 2.45) is 0 Å². The van der Waals surface area contributed by atoms with Crippen molar-refractivity contribution in [1.29, 1.82) is 0 Å². The fourth-order valence-corrected chi connectivity index (χ4v) is 5.86. The number of benzene rings is 2. The summed E-state index contributed by atoms with van der Waals surface area (Å²) in [4.78, 5) is 49.1. The van der Waals surface area contributed by atoms with Gasteiger partial charge < -0.3 is 19.3 Å². The number of likely N-dealkylation sites (N-methyl/N-ethyl adjacent to an activating group) is 1. The van der Waals surface area contributed by atoms with Crippen LogP contribution in [-0.2, 0) is 25.5 Å². The third-order valence-corrected chi connectivity index (χ3v) is 8.75. The monoisotopic (exact) mass is 641 g/mol. The van der Waals surface area contributed by atoms with E-state index in [0.29, 0.717) is 44.1 Å². The maximum Gasteiger partial charge on any atom is 0.412 e. The summed E-state index contributed by atoms with van der Waals surface area (Å²) in [6.45, 7) is 4.11. The Labute approximate surface area is 268 Å². The molecule has 0 radical (unpaired) electrons. The van der Waals surface area contributed by atoms with Crippen LogP contribution in [0.2, 0.25) is 5.02 Å². The normalized spacial score (nSPS) is 17.1. The minimum atomic E-state index is -0.718. The second-order valence-electron chi connectivity index (χ2n) is 11.2. The number of nitrogens with zero attached hydrogens (tertiary/aromatic N) is 4. The molecule has 2 atom stereocenters. The Morgan fingerprint density at radius 2 is 1.93 bits per heavy atom. The van der Waals surface area contributed by atoms with Gasteiger partial charge in [-0.3, -0.25) is 19.8 Å². The van der Waals surface area contributed by atoms with E-state index in [-0.39, 0.29) is 56.2 Å². The molecule has 0 spiro atoms. The van der Waals surface area contributed by atoms with Crippen LogP contribution in [0, 0.1) is 5.82 Å².